The molecule has 0 saturated heterocycles. The van der Waals surface area contributed by atoms with Crippen molar-refractivity contribution >= 4 is 5.97 Å². The first-order valence-corrected chi connectivity index (χ1v) is 5.30. The van der Waals surface area contributed by atoms with Gasteiger partial charge in [-0.2, -0.15) is 0 Å². The second-order valence-corrected chi connectivity index (χ2v) is 3.96. The lowest BCUT2D eigenvalue weighted by atomic mass is 10.1. The minimum Gasteiger partial charge on any atom is -0.481 e. The zero-order chi connectivity index (χ0) is 12.3. The number of hydrogen-bond acceptors (Lipinski definition) is 3. The molecule has 2 rings (SSSR count). The lowest BCUT2D eigenvalue weighted by Gasteiger charge is -2.00. The summed E-state index contributed by atoms with van der Waals surface area (Å²) in [5.74, 6) is -0.896. The Balaban J connectivity index is 2.06. The van der Waals surface area contributed by atoms with Crippen LogP contribution in [0.3, 0.4) is 0 Å². The first-order chi connectivity index (χ1) is 8.13. The van der Waals surface area contributed by atoms with Crippen LogP contribution in [0.25, 0.3) is 0 Å². The molecule has 0 bridgehead atoms. The van der Waals surface area contributed by atoms with Gasteiger partial charge in [-0.25, -0.2) is 4.68 Å². The summed E-state index contributed by atoms with van der Waals surface area (Å²) in [4.78, 5) is 10.5. The molecular weight excluding hydrogens is 218 g/mol. The zero-order valence-electron chi connectivity index (χ0n) is 9.50. The Labute approximate surface area is 98.7 Å². The van der Waals surface area contributed by atoms with Crippen LogP contribution in [0.4, 0.5) is 0 Å². The summed E-state index contributed by atoms with van der Waals surface area (Å²) >= 11 is 0. The first kappa shape index (κ1) is 11.3. The molecule has 1 aromatic heterocycles. The van der Waals surface area contributed by atoms with Crippen LogP contribution in [0.15, 0.2) is 30.5 Å². The predicted molar refractivity (Wildman–Crippen MR) is 61.6 cm³/mol. The Morgan fingerprint density at radius 1 is 1.35 bits per heavy atom. The maximum absolute atomic E-state index is 10.5. The SMILES string of the molecule is Cc1ccc(Cn2cc(CC(=O)O)nn2)cc1. The molecule has 0 amide bonds. The van der Waals surface area contributed by atoms with Crippen molar-refractivity contribution in [2.75, 3.05) is 0 Å². The molecular formula is C12H13N3O2. The van der Waals surface area contributed by atoms with E-state index >= 15 is 0 Å². The van der Waals surface area contributed by atoms with Crippen molar-refractivity contribution in [3.63, 3.8) is 0 Å². The summed E-state index contributed by atoms with van der Waals surface area (Å²) in [5, 5.41) is 16.3. The van der Waals surface area contributed by atoms with Gasteiger partial charge in [0.05, 0.1) is 18.7 Å². The number of benzene rings is 1. The van der Waals surface area contributed by atoms with Crippen LogP contribution in [-0.2, 0) is 17.8 Å². The zero-order valence-corrected chi connectivity index (χ0v) is 9.50. The topological polar surface area (TPSA) is 68.0 Å². The summed E-state index contributed by atoms with van der Waals surface area (Å²) < 4.78 is 1.64. The molecule has 0 unspecified atom stereocenters. The molecule has 2 aromatic rings. The fourth-order valence-electron chi connectivity index (χ4n) is 1.53. The van der Waals surface area contributed by atoms with Gasteiger partial charge in [0.1, 0.15) is 0 Å². The van der Waals surface area contributed by atoms with E-state index in [1.54, 1.807) is 10.9 Å². The molecule has 1 N–H and O–H groups in total. The lowest BCUT2D eigenvalue weighted by Crippen LogP contribution is -2.01. The van der Waals surface area contributed by atoms with Gasteiger partial charge in [-0.1, -0.05) is 35.0 Å². The maximum Gasteiger partial charge on any atom is 0.309 e. The van der Waals surface area contributed by atoms with Gasteiger partial charge in [0.2, 0.25) is 0 Å². The molecule has 0 fully saturated rings. The molecule has 0 aliphatic carbocycles. The highest BCUT2D eigenvalue weighted by Crippen LogP contribution is 2.05. The average molecular weight is 231 g/mol. The molecule has 5 nitrogen and oxygen atoms in total. The Hall–Kier alpha value is -2.17. The first-order valence-electron chi connectivity index (χ1n) is 5.30. The van der Waals surface area contributed by atoms with Gasteiger partial charge in [0.25, 0.3) is 0 Å². The highest BCUT2D eigenvalue weighted by Gasteiger charge is 2.05. The minimum absolute atomic E-state index is 0.0894. The molecule has 0 aliphatic rings. The van der Waals surface area contributed by atoms with E-state index in [1.165, 1.54) is 5.56 Å². The number of carboxylic acids is 1. The smallest absolute Gasteiger partial charge is 0.309 e. The average Bonchev–Trinajstić information content (AvgIpc) is 2.68. The predicted octanol–water partition coefficient (Wildman–Crippen LogP) is 1.26. The van der Waals surface area contributed by atoms with Crippen LogP contribution in [0.5, 0.6) is 0 Å². The van der Waals surface area contributed by atoms with E-state index in [4.69, 9.17) is 5.11 Å². The number of aromatic nitrogens is 3. The number of carboxylic acid groups (broad SMARTS) is 1. The number of nitrogens with zero attached hydrogens (tertiary/aromatic N) is 3. The van der Waals surface area contributed by atoms with E-state index in [9.17, 15) is 4.79 Å². The normalized spacial score (nSPS) is 10.4. The van der Waals surface area contributed by atoms with Gasteiger partial charge in [-0.15, -0.1) is 5.10 Å². The lowest BCUT2D eigenvalue weighted by molar-refractivity contribution is -0.136. The third-order valence-electron chi connectivity index (χ3n) is 2.38. The summed E-state index contributed by atoms with van der Waals surface area (Å²) in [6, 6.07) is 8.11. The Morgan fingerprint density at radius 3 is 2.71 bits per heavy atom. The van der Waals surface area contributed by atoms with Crippen molar-refractivity contribution in [3.05, 3.63) is 47.3 Å². The quantitative estimate of drug-likeness (QED) is 0.860. The van der Waals surface area contributed by atoms with Gasteiger partial charge in [-0.3, -0.25) is 4.79 Å². The van der Waals surface area contributed by atoms with Crippen LogP contribution in [-0.4, -0.2) is 26.1 Å². The third kappa shape index (κ3) is 3.14. The van der Waals surface area contributed by atoms with E-state index in [2.05, 4.69) is 10.3 Å². The fraction of sp³-hybridized carbons (Fsp3) is 0.250. The molecule has 0 aliphatic heterocycles. The van der Waals surface area contributed by atoms with Gasteiger partial charge < -0.3 is 5.11 Å². The molecule has 0 spiro atoms. The summed E-state index contributed by atoms with van der Waals surface area (Å²) in [5.41, 5.74) is 2.80. The standard InChI is InChI=1S/C12H13N3O2/c1-9-2-4-10(5-3-9)7-15-8-11(13-14-15)6-12(16)17/h2-5,8H,6-7H2,1H3,(H,16,17). The number of aliphatic carboxylic acids is 1. The summed E-state index contributed by atoms with van der Waals surface area (Å²) in [6.45, 7) is 2.64. The molecule has 1 aromatic carbocycles. The van der Waals surface area contributed by atoms with Gasteiger partial charge in [0, 0.05) is 6.20 Å². The second kappa shape index (κ2) is 4.78. The Morgan fingerprint density at radius 2 is 2.06 bits per heavy atom. The maximum atomic E-state index is 10.5. The van der Waals surface area contributed by atoms with Crippen LogP contribution in [0, 0.1) is 6.92 Å². The van der Waals surface area contributed by atoms with E-state index in [0.717, 1.165) is 5.56 Å². The molecule has 17 heavy (non-hydrogen) atoms. The number of rotatable bonds is 4. The molecule has 0 radical (unpaired) electrons. The molecule has 5 heteroatoms. The van der Waals surface area contributed by atoms with Crippen LogP contribution < -0.4 is 0 Å². The van der Waals surface area contributed by atoms with Crippen molar-refractivity contribution in [2.45, 2.75) is 19.9 Å². The van der Waals surface area contributed by atoms with Crippen molar-refractivity contribution in [1.29, 1.82) is 0 Å². The molecule has 0 atom stereocenters. The van der Waals surface area contributed by atoms with E-state index in [-0.39, 0.29) is 6.42 Å². The Bertz CT molecular complexity index is 517. The van der Waals surface area contributed by atoms with Gasteiger partial charge >= 0.3 is 5.97 Å². The third-order valence-corrected chi connectivity index (χ3v) is 2.38. The highest BCUT2D eigenvalue weighted by molar-refractivity contribution is 5.69. The van der Waals surface area contributed by atoms with Crippen molar-refractivity contribution in [1.82, 2.24) is 15.0 Å². The van der Waals surface area contributed by atoms with Crippen molar-refractivity contribution < 1.29 is 9.90 Å². The molecule has 88 valence electrons. The van der Waals surface area contributed by atoms with Crippen LogP contribution in [0.2, 0.25) is 0 Å². The minimum atomic E-state index is -0.896. The van der Waals surface area contributed by atoms with Crippen molar-refractivity contribution in [3.8, 4) is 0 Å². The largest absolute Gasteiger partial charge is 0.481 e. The second-order valence-electron chi connectivity index (χ2n) is 3.96. The van der Waals surface area contributed by atoms with E-state index in [0.29, 0.717) is 12.2 Å². The number of carbonyl (C=O) groups is 1. The molecule has 1 heterocycles. The Kier molecular flexibility index (Phi) is 3.18. The number of aryl methyl sites for hydroxylation is 1. The summed E-state index contributed by atoms with van der Waals surface area (Å²) in [6.07, 6.45) is 1.57. The van der Waals surface area contributed by atoms with Gasteiger partial charge in [0.15, 0.2) is 0 Å². The van der Waals surface area contributed by atoms with E-state index in [1.807, 2.05) is 31.2 Å². The monoisotopic (exact) mass is 231 g/mol. The van der Waals surface area contributed by atoms with Gasteiger partial charge in [-0.05, 0) is 12.5 Å². The van der Waals surface area contributed by atoms with E-state index < -0.39 is 5.97 Å². The van der Waals surface area contributed by atoms with Crippen molar-refractivity contribution in [2.24, 2.45) is 0 Å². The van der Waals surface area contributed by atoms with Crippen LogP contribution in [0.1, 0.15) is 16.8 Å². The fourth-order valence-corrected chi connectivity index (χ4v) is 1.53. The highest BCUT2D eigenvalue weighted by atomic mass is 16.4. The summed E-state index contributed by atoms with van der Waals surface area (Å²) in [7, 11) is 0. The number of hydrogen-bond donors (Lipinski definition) is 1. The molecule has 0 saturated carbocycles. The van der Waals surface area contributed by atoms with Crippen LogP contribution >= 0.6 is 0 Å².